The normalized spacial score (nSPS) is 18.2. The molecule has 0 aromatic heterocycles. The molecule has 0 amide bonds. The molecule has 0 saturated carbocycles. The molecule has 0 N–H and O–H groups in total. The third-order valence-electron chi connectivity index (χ3n) is 1.38. The van der Waals surface area contributed by atoms with Crippen LogP contribution in [0.25, 0.3) is 0 Å². The van der Waals surface area contributed by atoms with Gasteiger partial charge < -0.3 is 4.52 Å². The fourth-order valence-electron chi connectivity index (χ4n) is 0.685. The van der Waals surface area contributed by atoms with Crippen LogP contribution >= 0.6 is 19.6 Å². The van der Waals surface area contributed by atoms with Crippen LogP contribution in [-0.2, 0) is 9.09 Å². The predicted octanol–water partition coefficient (Wildman–Crippen LogP) is 3.07. The SMILES string of the molecule is C=CCC(C)[PH](=O)OCC(C)Cl. The highest BCUT2D eigenvalue weighted by Gasteiger charge is 2.10. The van der Waals surface area contributed by atoms with Crippen molar-refractivity contribution in [2.24, 2.45) is 0 Å². The average Bonchev–Trinajstić information content (AvgIpc) is 2.00. The van der Waals surface area contributed by atoms with E-state index in [9.17, 15) is 4.57 Å². The van der Waals surface area contributed by atoms with Gasteiger partial charge in [0.2, 0.25) is 0 Å². The Morgan fingerprint density at radius 3 is 2.67 bits per heavy atom. The predicted molar refractivity (Wildman–Crippen MR) is 54.5 cm³/mol. The van der Waals surface area contributed by atoms with Crippen LogP contribution in [0.1, 0.15) is 20.3 Å². The van der Waals surface area contributed by atoms with Crippen LogP contribution in [0.15, 0.2) is 12.7 Å². The summed E-state index contributed by atoms with van der Waals surface area (Å²) in [5.74, 6) is 0. The Labute approximate surface area is 79.8 Å². The molecule has 0 saturated heterocycles. The van der Waals surface area contributed by atoms with E-state index in [1.807, 2.05) is 13.8 Å². The Bertz CT molecular complexity index is 159. The van der Waals surface area contributed by atoms with Crippen molar-refractivity contribution in [3.8, 4) is 0 Å². The van der Waals surface area contributed by atoms with Crippen molar-refractivity contribution in [3.05, 3.63) is 12.7 Å². The largest absolute Gasteiger partial charge is 0.329 e. The second kappa shape index (κ2) is 6.71. The van der Waals surface area contributed by atoms with Crippen molar-refractivity contribution in [2.45, 2.75) is 31.3 Å². The van der Waals surface area contributed by atoms with Crippen molar-refractivity contribution in [1.82, 2.24) is 0 Å². The molecule has 0 fully saturated rings. The summed E-state index contributed by atoms with van der Waals surface area (Å²) in [6.07, 6.45) is 2.48. The molecule has 72 valence electrons. The summed E-state index contributed by atoms with van der Waals surface area (Å²) in [6.45, 7) is 7.64. The van der Waals surface area contributed by atoms with Crippen molar-refractivity contribution < 1.29 is 9.09 Å². The highest BCUT2D eigenvalue weighted by atomic mass is 35.5. The van der Waals surface area contributed by atoms with Gasteiger partial charge in [0.1, 0.15) is 0 Å². The second-order valence-electron chi connectivity index (χ2n) is 2.84. The Kier molecular flexibility index (Phi) is 6.83. The van der Waals surface area contributed by atoms with E-state index in [0.717, 1.165) is 6.42 Å². The van der Waals surface area contributed by atoms with Crippen molar-refractivity contribution in [3.63, 3.8) is 0 Å². The molecule has 4 heteroatoms. The zero-order valence-corrected chi connectivity index (χ0v) is 9.30. The van der Waals surface area contributed by atoms with Gasteiger partial charge >= 0.3 is 0 Å². The molecule has 0 heterocycles. The minimum Gasteiger partial charge on any atom is -0.329 e. The molecule has 0 aliphatic heterocycles. The number of rotatable bonds is 6. The highest BCUT2D eigenvalue weighted by Crippen LogP contribution is 2.31. The lowest BCUT2D eigenvalue weighted by Crippen LogP contribution is -2.03. The highest BCUT2D eigenvalue weighted by molar-refractivity contribution is 7.40. The topological polar surface area (TPSA) is 26.3 Å². The first-order chi connectivity index (χ1) is 5.57. The minimum absolute atomic E-state index is 0.0721. The second-order valence-corrected chi connectivity index (χ2v) is 5.49. The maximum atomic E-state index is 11.3. The molecule has 3 atom stereocenters. The number of halogens is 1. The van der Waals surface area contributed by atoms with E-state index in [1.54, 1.807) is 6.08 Å². The molecular formula is C8H16ClO2P. The maximum absolute atomic E-state index is 11.3. The van der Waals surface area contributed by atoms with Gasteiger partial charge in [0.15, 0.2) is 8.03 Å². The Morgan fingerprint density at radius 1 is 1.67 bits per heavy atom. The van der Waals surface area contributed by atoms with Gasteiger partial charge in [0.25, 0.3) is 0 Å². The number of hydrogen-bond donors (Lipinski definition) is 0. The van der Waals surface area contributed by atoms with Gasteiger partial charge in [-0.05, 0) is 13.3 Å². The number of hydrogen-bond acceptors (Lipinski definition) is 2. The fourth-order valence-corrected chi connectivity index (χ4v) is 1.91. The average molecular weight is 211 g/mol. The standard InChI is InChI=1S/C8H16ClO2P/c1-4-5-8(3)12(10)11-6-7(2)9/h4,7-8,12H,1,5-6H2,2-3H3. The van der Waals surface area contributed by atoms with Crippen molar-refractivity contribution in [2.75, 3.05) is 6.61 Å². The lowest BCUT2D eigenvalue weighted by Gasteiger charge is -2.10. The molecule has 0 bridgehead atoms. The van der Waals surface area contributed by atoms with Crippen LogP contribution in [0, 0.1) is 0 Å². The molecule has 0 rings (SSSR count). The fraction of sp³-hybridized carbons (Fsp3) is 0.750. The van der Waals surface area contributed by atoms with Crippen molar-refractivity contribution in [1.29, 1.82) is 0 Å². The Hall–Kier alpha value is 0.220. The van der Waals surface area contributed by atoms with E-state index < -0.39 is 8.03 Å². The molecule has 0 spiro atoms. The van der Waals surface area contributed by atoms with Gasteiger partial charge in [0, 0.05) is 5.66 Å². The van der Waals surface area contributed by atoms with E-state index >= 15 is 0 Å². The summed E-state index contributed by atoms with van der Waals surface area (Å²) in [5, 5.41) is -0.0742. The lowest BCUT2D eigenvalue weighted by molar-refractivity contribution is 0.326. The first kappa shape index (κ1) is 12.2. The van der Waals surface area contributed by atoms with Crippen LogP contribution < -0.4 is 0 Å². The lowest BCUT2D eigenvalue weighted by atomic mass is 10.3. The molecule has 0 radical (unpaired) electrons. The summed E-state index contributed by atoms with van der Waals surface area (Å²) >= 11 is 5.64. The number of alkyl halides is 1. The van der Waals surface area contributed by atoms with E-state index in [4.69, 9.17) is 16.1 Å². The third kappa shape index (κ3) is 5.82. The third-order valence-corrected chi connectivity index (χ3v) is 3.00. The number of allylic oxidation sites excluding steroid dienone is 1. The zero-order chi connectivity index (χ0) is 9.56. The molecule has 0 aromatic carbocycles. The molecule has 2 nitrogen and oxygen atoms in total. The molecule has 0 aliphatic rings. The summed E-state index contributed by atoms with van der Waals surface area (Å²) < 4.78 is 16.4. The minimum atomic E-state index is -1.93. The van der Waals surface area contributed by atoms with Gasteiger partial charge in [-0.25, -0.2) is 0 Å². The summed E-state index contributed by atoms with van der Waals surface area (Å²) in [5.41, 5.74) is 0.0721. The van der Waals surface area contributed by atoms with Gasteiger partial charge in [-0.2, -0.15) is 0 Å². The van der Waals surface area contributed by atoms with E-state index in [0.29, 0.717) is 6.61 Å². The summed E-state index contributed by atoms with van der Waals surface area (Å²) in [4.78, 5) is 0. The Balaban J connectivity index is 3.63. The van der Waals surface area contributed by atoms with Crippen LogP contribution in [0.3, 0.4) is 0 Å². The molecule has 0 aliphatic carbocycles. The quantitative estimate of drug-likeness (QED) is 0.383. The van der Waals surface area contributed by atoms with E-state index in [1.165, 1.54) is 0 Å². The maximum Gasteiger partial charge on any atom is 0.194 e. The molecule has 3 unspecified atom stereocenters. The van der Waals surface area contributed by atoms with Crippen LogP contribution in [0.5, 0.6) is 0 Å². The molecular weight excluding hydrogens is 195 g/mol. The smallest absolute Gasteiger partial charge is 0.194 e. The van der Waals surface area contributed by atoms with Gasteiger partial charge in [-0.1, -0.05) is 13.0 Å². The van der Waals surface area contributed by atoms with E-state index in [2.05, 4.69) is 6.58 Å². The van der Waals surface area contributed by atoms with Gasteiger partial charge in [-0.15, -0.1) is 18.2 Å². The zero-order valence-electron chi connectivity index (χ0n) is 7.55. The first-order valence-electron chi connectivity index (χ1n) is 3.99. The van der Waals surface area contributed by atoms with Crippen LogP contribution in [0.2, 0.25) is 0 Å². The van der Waals surface area contributed by atoms with Gasteiger partial charge in [-0.3, -0.25) is 4.57 Å². The monoisotopic (exact) mass is 210 g/mol. The molecule has 12 heavy (non-hydrogen) atoms. The van der Waals surface area contributed by atoms with Crippen LogP contribution in [0.4, 0.5) is 0 Å². The van der Waals surface area contributed by atoms with Gasteiger partial charge in [0.05, 0.1) is 12.0 Å². The summed E-state index contributed by atoms with van der Waals surface area (Å²) in [6, 6.07) is 0. The Morgan fingerprint density at radius 2 is 2.25 bits per heavy atom. The first-order valence-corrected chi connectivity index (χ1v) is 5.82. The van der Waals surface area contributed by atoms with E-state index in [-0.39, 0.29) is 11.0 Å². The molecule has 0 aromatic rings. The summed E-state index contributed by atoms with van der Waals surface area (Å²) in [7, 11) is -1.93. The van der Waals surface area contributed by atoms with Crippen LogP contribution in [-0.4, -0.2) is 17.6 Å². The van der Waals surface area contributed by atoms with Crippen molar-refractivity contribution >= 4 is 19.6 Å².